The lowest BCUT2D eigenvalue weighted by atomic mass is 9.89. The van der Waals surface area contributed by atoms with E-state index in [1.165, 1.54) is 22.2 Å². The minimum absolute atomic E-state index is 0.107. The molecule has 3 aromatic rings. The topological polar surface area (TPSA) is 72.0 Å². The zero-order chi connectivity index (χ0) is 19.7. The zero-order valence-corrected chi connectivity index (χ0v) is 17.5. The Balaban J connectivity index is 1.48. The van der Waals surface area contributed by atoms with E-state index in [-0.39, 0.29) is 18.1 Å². The van der Waals surface area contributed by atoms with Crippen LogP contribution in [-0.2, 0) is 29.0 Å². The first-order valence-electron chi connectivity index (χ1n) is 9.43. The largest absolute Gasteiger partial charge is 0.460 e. The average Bonchev–Trinajstić information content (AvgIpc) is 3.04. The molecule has 28 heavy (non-hydrogen) atoms. The first-order chi connectivity index (χ1) is 13.5. The number of esters is 1. The lowest BCUT2D eigenvalue weighted by molar-refractivity contribution is -0.143. The molecule has 2 heterocycles. The highest BCUT2D eigenvalue weighted by Crippen LogP contribution is 2.36. The summed E-state index contributed by atoms with van der Waals surface area (Å²) in [6.45, 7) is 4.25. The second-order valence-corrected chi connectivity index (χ2v) is 9.67. The van der Waals surface area contributed by atoms with Gasteiger partial charge in [0.05, 0.1) is 5.39 Å². The number of benzene rings is 1. The molecule has 2 atom stereocenters. The predicted molar refractivity (Wildman–Crippen MR) is 113 cm³/mol. The third-order valence-electron chi connectivity index (χ3n) is 4.99. The Morgan fingerprint density at radius 3 is 2.96 bits per heavy atom. The maximum absolute atomic E-state index is 12.7. The van der Waals surface area contributed by atoms with Gasteiger partial charge in [0.2, 0.25) is 0 Å². The Morgan fingerprint density at radius 1 is 1.39 bits per heavy atom. The molecule has 7 heteroatoms. The molecule has 1 N–H and O–H groups in total. The van der Waals surface area contributed by atoms with Crippen molar-refractivity contribution in [3.05, 3.63) is 56.7 Å². The molecule has 0 aliphatic heterocycles. The molecule has 5 nitrogen and oxygen atoms in total. The van der Waals surface area contributed by atoms with Crippen molar-refractivity contribution < 1.29 is 9.53 Å². The van der Waals surface area contributed by atoms with Crippen molar-refractivity contribution >= 4 is 39.3 Å². The number of hydrogen-bond acceptors (Lipinski definition) is 6. The molecule has 0 fully saturated rings. The summed E-state index contributed by atoms with van der Waals surface area (Å²) >= 11 is 2.84. The van der Waals surface area contributed by atoms with E-state index < -0.39 is 5.25 Å². The highest BCUT2D eigenvalue weighted by molar-refractivity contribution is 8.00. The fourth-order valence-electron chi connectivity index (χ4n) is 3.45. The van der Waals surface area contributed by atoms with E-state index >= 15 is 0 Å². The van der Waals surface area contributed by atoms with Gasteiger partial charge in [-0.05, 0) is 43.2 Å². The lowest BCUT2D eigenvalue weighted by Crippen LogP contribution is -2.18. The van der Waals surface area contributed by atoms with Gasteiger partial charge in [0.15, 0.2) is 5.16 Å². The van der Waals surface area contributed by atoms with Gasteiger partial charge in [-0.15, -0.1) is 11.3 Å². The number of thiophene rings is 1. The van der Waals surface area contributed by atoms with E-state index in [9.17, 15) is 9.59 Å². The summed E-state index contributed by atoms with van der Waals surface area (Å²) in [5.41, 5.74) is 2.00. The Bertz CT molecular complexity index is 1060. The minimum Gasteiger partial charge on any atom is -0.460 e. The zero-order valence-electron chi connectivity index (χ0n) is 15.9. The van der Waals surface area contributed by atoms with Gasteiger partial charge in [0, 0.05) is 4.88 Å². The van der Waals surface area contributed by atoms with Crippen molar-refractivity contribution in [3.8, 4) is 0 Å². The van der Waals surface area contributed by atoms with Gasteiger partial charge in [0.1, 0.15) is 16.7 Å². The number of nitrogens with one attached hydrogen (secondary N) is 1. The number of aromatic amines is 1. The SMILES string of the molecule is C[C@H]1CCc2c(sc3nc(S[C@@H](C)C(=O)OCc4ccccc4)[nH]c(=O)c23)C1. The molecule has 1 aliphatic rings. The Hall–Kier alpha value is -2.12. The molecule has 1 aromatic carbocycles. The van der Waals surface area contributed by atoms with Crippen LogP contribution in [0.25, 0.3) is 10.2 Å². The summed E-state index contributed by atoms with van der Waals surface area (Å²) < 4.78 is 5.38. The van der Waals surface area contributed by atoms with Crippen LogP contribution in [0.1, 0.15) is 36.3 Å². The van der Waals surface area contributed by atoms with E-state index in [0.29, 0.717) is 11.1 Å². The van der Waals surface area contributed by atoms with Crippen LogP contribution in [0.15, 0.2) is 40.3 Å². The van der Waals surface area contributed by atoms with Gasteiger partial charge in [-0.2, -0.15) is 0 Å². The number of carbonyl (C=O) groups is 1. The number of rotatable bonds is 5. The van der Waals surface area contributed by atoms with Crippen molar-refractivity contribution in [2.45, 2.75) is 50.1 Å². The molecule has 2 aromatic heterocycles. The summed E-state index contributed by atoms with van der Waals surface area (Å²) in [5.74, 6) is 0.323. The Kier molecular flexibility index (Phi) is 5.55. The van der Waals surface area contributed by atoms with Crippen LogP contribution >= 0.6 is 23.1 Å². The molecule has 0 bridgehead atoms. The monoisotopic (exact) mass is 414 g/mol. The normalized spacial score (nSPS) is 17.3. The number of H-pyrrole nitrogens is 1. The number of nitrogens with zero attached hydrogens (tertiary/aromatic N) is 1. The molecule has 0 radical (unpaired) electrons. The Labute approximate surface area is 171 Å². The van der Waals surface area contributed by atoms with Gasteiger partial charge < -0.3 is 9.72 Å². The number of carbonyl (C=O) groups excluding carboxylic acids is 1. The molecule has 0 saturated carbocycles. The summed E-state index contributed by atoms with van der Waals surface area (Å²) in [7, 11) is 0. The number of ether oxygens (including phenoxy) is 1. The van der Waals surface area contributed by atoms with Crippen molar-refractivity contribution in [1.82, 2.24) is 9.97 Å². The summed E-state index contributed by atoms with van der Waals surface area (Å²) in [6, 6.07) is 9.57. The van der Waals surface area contributed by atoms with Gasteiger partial charge in [-0.1, -0.05) is 49.0 Å². The first-order valence-corrected chi connectivity index (χ1v) is 11.1. The van der Waals surface area contributed by atoms with Crippen LogP contribution in [0.4, 0.5) is 0 Å². The molecule has 0 spiro atoms. The van der Waals surface area contributed by atoms with Crippen molar-refractivity contribution in [3.63, 3.8) is 0 Å². The van der Waals surface area contributed by atoms with Crippen molar-refractivity contribution in [2.24, 2.45) is 5.92 Å². The van der Waals surface area contributed by atoms with Crippen molar-refractivity contribution in [2.75, 3.05) is 0 Å². The third kappa shape index (κ3) is 4.00. The van der Waals surface area contributed by atoms with E-state index in [0.717, 1.165) is 35.0 Å². The molecule has 0 saturated heterocycles. The highest BCUT2D eigenvalue weighted by atomic mass is 32.2. The van der Waals surface area contributed by atoms with Crippen LogP contribution in [0.5, 0.6) is 0 Å². The van der Waals surface area contributed by atoms with E-state index in [1.807, 2.05) is 30.3 Å². The molecule has 0 amide bonds. The van der Waals surface area contributed by atoms with Crippen molar-refractivity contribution in [1.29, 1.82) is 0 Å². The molecule has 146 valence electrons. The van der Waals surface area contributed by atoms with E-state index in [1.54, 1.807) is 18.3 Å². The standard InChI is InChI=1S/C21H22N2O3S2/c1-12-8-9-15-16(10-12)28-19-17(15)18(24)22-21(23-19)27-13(2)20(25)26-11-14-6-4-3-5-7-14/h3-7,12-13H,8-11H2,1-2H3,(H,22,23,24)/t12-,13-/m0/s1. The average molecular weight is 415 g/mol. The smallest absolute Gasteiger partial charge is 0.319 e. The summed E-state index contributed by atoms with van der Waals surface area (Å²) in [5, 5.41) is 0.739. The van der Waals surface area contributed by atoms with E-state index in [2.05, 4.69) is 16.9 Å². The van der Waals surface area contributed by atoms with Gasteiger partial charge >= 0.3 is 5.97 Å². The first kappa shape index (κ1) is 19.2. The predicted octanol–water partition coefficient (Wildman–Crippen LogP) is 4.33. The van der Waals surface area contributed by atoms with Gasteiger partial charge in [-0.3, -0.25) is 9.59 Å². The molecule has 1 aliphatic carbocycles. The fourth-order valence-corrected chi connectivity index (χ4v) is 5.68. The number of fused-ring (bicyclic) bond motifs is 3. The maximum Gasteiger partial charge on any atom is 0.319 e. The number of hydrogen-bond donors (Lipinski definition) is 1. The van der Waals surface area contributed by atoms with Crippen LogP contribution in [0, 0.1) is 5.92 Å². The van der Waals surface area contributed by atoms with E-state index in [4.69, 9.17) is 4.74 Å². The molecular weight excluding hydrogens is 392 g/mol. The van der Waals surface area contributed by atoms with Crippen LogP contribution in [0.2, 0.25) is 0 Å². The Morgan fingerprint density at radius 2 is 2.18 bits per heavy atom. The molecule has 0 unspecified atom stereocenters. The third-order valence-corrected chi connectivity index (χ3v) is 7.10. The number of thioether (sulfide) groups is 1. The van der Waals surface area contributed by atoms with Crippen LogP contribution < -0.4 is 5.56 Å². The fraction of sp³-hybridized carbons (Fsp3) is 0.381. The van der Waals surface area contributed by atoms with Crippen LogP contribution in [-0.4, -0.2) is 21.2 Å². The lowest BCUT2D eigenvalue weighted by Gasteiger charge is -2.17. The maximum atomic E-state index is 12.7. The summed E-state index contributed by atoms with van der Waals surface area (Å²) in [6.07, 6.45) is 3.06. The molecule has 4 rings (SSSR count). The second kappa shape index (κ2) is 8.09. The summed E-state index contributed by atoms with van der Waals surface area (Å²) in [4.78, 5) is 34.5. The number of aromatic nitrogens is 2. The van der Waals surface area contributed by atoms with Gasteiger partial charge in [0.25, 0.3) is 5.56 Å². The quantitative estimate of drug-likeness (QED) is 0.382. The highest BCUT2D eigenvalue weighted by Gasteiger charge is 2.24. The van der Waals surface area contributed by atoms with Gasteiger partial charge in [-0.25, -0.2) is 4.98 Å². The minimum atomic E-state index is -0.459. The van der Waals surface area contributed by atoms with Crippen LogP contribution in [0.3, 0.4) is 0 Å². The number of aryl methyl sites for hydroxylation is 1. The second-order valence-electron chi connectivity index (χ2n) is 7.26. The molecular formula is C21H22N2O3S2.